The van der Waals surface area contributed by atoms with Gasteiger partial charge < -0.3 is 30.8 Å². The fourth-order valence-corrected chi connectivity index (χ4v) is 6.31. The number of hydrogen-bond donors (Lipinski definition) is 7. The molecule has 2 saturated carbocycles. The number of aliphatic carboxylic acids is 2. The second kappa shape index (κ2) is 14.2. The van der Waals surface area contributed by atoms with E-state index in [9.17, 15) is 19.5 Å². The molecule has 5 rings (SSSR count). The Balaban J connectivity index is 0.000000349. The maximum Gasteiger partial charge on any atom is 0.335 e. The number of fused-ring (bicyclic) bond motifs is 1. The number of piperidine rings is 1. The van der Waals surface area contributed by atoms with Crippen LogP contribution in [-0.2, 0) is 26.5 Å². The fourth-order valence-electron chi connectivity index (χ4n) is 6.31. The van der Waals surface area contributed by atoms with Crippen LogP contribution >= 0.6 is 0 Å². The molecule has 3 aliphatic rings. The standard InChI is InChI=1S/C27H35N3O2.C4H6O6/c31-26(27(32,21-12-6-2-7-13-21)22-14-8-3-9-15-22)29-19-28-25-23-17-30(18-24(23)25)16-20-10-4-1-5-11-20;5-1(3(7)8)2(6)4(9)10/h1-2,4-7,10-13,22-25,28,32H,3,8-9,14-19H2,(H,29,31);1-2,5-6H,(H,7,8)(H,9,10)/t23-,24+,25?,27?;1-,2-/m.1/s1. The molecule has 1 heterocycles. The molecule has 7 N–H and O–H groups in total. The lowest BCUT2D eigenvalue weighted by atomic mass is 9.73. The molecule has 0 bridgehead atoms. The number of aliphatic hydroxyl groups is 3. The monoisotopic (exact) mass is 583 g/mol. The van der Waals surface area contributed by atoms with Crippen molar-refractivity contribution in [1.29, 1.82) is 0 Å². The molecule has 1 saturated heterocycles. The normalized spacial score (nSPS) is 24.7. The molecule has 0 radical (unpaired) electrons. The van der Waals surface area contributed by atoms with Gasteiger partial charge in [0.1, 0.15) is 0 Å². The first-order chi connectivity index (χ1) is 20.1. The third-order valence-corrected chi connectivity index (χ3v) is 8.67. The summed E-state index contributed by atoms with van der Waals surface area (Å²) in [6.07, 6.45) is 0.616. The average Bonchev–Trinajstić information content (AvgIpc) is 3.46. The predicted octanol–water partition coefficient (Wildman–Crippen LogP) is 1.13. The molecule has 6 atom stereocenters. The van der Waals surface area contributed by atoms with Gasteiger partial charge in [0.25, 0.3) is 5.91 Å². The molecule has 0 aromatic heterocycles. The molecular weight excluding hydrogens is 542 g/mol. The second-order valence-corrected chi connectivity index (χ2v) is 11.5. The first-order valence-electron chi connectivity index (χ1n) is 14.5. The lowest BCUT2D eigenvalue weighted by molar-refractivity contribution is -0.165. The number of amides is 1. The predicted molar refractivity (Wildman–Crippen MR) is 153 cm³/mol. The molecule has 11 heteroatoms. The number of carbonyl (C=O) groups excluding carboxylic acids is 1. The van der Waals surface area contributed by atoms with E-state index in [4.69, 9.17) is 20.4 Å². The fraction of sp³-hybridized carbons (Fsp3) is 0.516. The highest BCUT2D eigenvalue weighted by molar-refractivity contribution is 5.86. The van der Waals surface area contributed by atoms with Gasteiger partial charge in [-0.25, -0.2) is 9.59 Å². The van der Waals surface area contributed by atoms with E-state index in [-0.39, 0.29) is 11.8 Å². The number of hydrogen-bond acceptors (Lipinski definition) is 8. The third-order valence-electron chi connectivity index (χ3n) is 8.67. The van der Waals surface area contributed by atoms with Gasteiger partial charge in [-0.1, -0.05) is 79.9 Å². The molecule has 42 heavy (non-hydrogen) atoms. The highest BCUT2D eigenvalue weighted by Crippen LogP contribution is 2.45. The molecule has 0 spiro atoms. The number of aliphatic hydroxyl groups excluding tert-OH is 2. The van der Waals surface area contributed by atoms with Gasteiger partial charge in [-0.3, -0.25) is 15.0 Å². The smallest absolute Gasteiger partial charge is 0.335 e. The van der Waals surface area contributed by atoms with Crippen molar-refractivity contribution >= 4 is 17.8 Å². The van der Waals surface area contributed by atoms with Crippen molar-refractivity contribution in [3.63, 3.8) is 0 Å². The Labute approximate surface area is 245 Å². The van der Waals surface area contributed by atoms with Crippen molar-refractivity contribution in [3.8, 4) is 0 Å². The molecule has 1 aliphatic heterocycles. The lowest BCUT2D eigenvalue weighted by Gasteiger charge is -2.37. The Morgan fingerprint density at radius 1 is 0.833 bits per heavy atom. The highest BCUT2D eigenvalue weighted by Gasteiger charge is 2.55. The van der Waals surface area contributed by atoms with Crippen LogP contribution in [0.15, 0.2) is 60.7 Å². The summed E-state index contributed by atoms with van der Waals surface area (Å²) in [5.74, 6) is -2.49. The summed E-state index contributed by atoms with van der Waals surface area (Å²) in [5, 5.41) is 50.7. The zero-order chi connectivity index (χ0) is 30.3. The van der Waals surface area contributed by atoms with Crippen LogP contribution in [0.2, 0.25) is 0 Å². The third kappa shape index (κ3) is 7.53. The molecule has 228 valence electrons. The van der Waals surface area contributed by atoms with Crippen LogP contribution in [0.1, 0.15) is 43.2 Å². The van der Waals surface area contributed by atoms with Gasteiger partial charge in [0.05, 0.1) is 6.67 Å². The first-order valence-corrected chi connectivity index (χ1v) is 14.5. The Hall–Kier alpha value is -3.35. The first kappa shape index (κ1) is 31.6. The summed E-state index contributed by atoms with van der Waals surface area (Å²) in [6.45, 7) is 3.66. The van der Waals surface area contributed by atoms with Gasteiger partial charge in [0.2, 0.25) is 0 Å². The zero-order valence-electron chi connectivity index (χ0n) is 23.5. The van der Waals surface area contributed by atoms with E-state index in [0.29, 0.717) is 30.1 Å². The number of likely N-dealkylation sites (tertiary alicyclic amines) is 1. The Morgan fingerprint density at radius 3 is 1.88 bits per heavy atom. The summed E-state index contributed by atoms with van der Waals surface area (Å²) in [4.78, 5) is 35.3. The SMILES string of the molecule is O=C(NCNC1[C@H]2CN(Cc3ccccc3)C[C@@H]12)C(O)(c1ccccc1)C1CCCCC1.O=C(O)[C@H](O)[C@@H](O)C(=O)O. The van der Waals surface area contributed by atoms with Crippen molar-refractivity contribution < 1.29 is 39.9 Å². The maximum absolute atomic E-state index is 13.3. The molecule has 2 aromatic carbocycles. The van der Waals surface area contributed by atoms with Gasteiger partial charge in [-0.2, -0.15) is 0 Å². The Bertz CT molecular complexity index is 1160. The molecule has 1 amide bonds. The van der Waals surface area contributed by atoms with E-state index in [1.807, 2.05) is 30.3 Å². The largest absolute Gasteiger partial charge is 0.479 e. The summed E-state index contributed by atoms with van der Waals surface area (Å²) >= 11 is 0. The van der Waals surface area contributed by atoms with Crippen LogP contribution in [0.25, 0.3) is 0 Å². The quantitative estimate of drug-likeness (QED) is 0.190. The van der Waals surface area contributed by atoms with Crippen LogP contribution < -0.4 is 10.6 Å². The summed E-state index contributed by atoms with van der Waals surface area (Å²) in [6, 6.07) is 20.6. The van der Waals surface area contributed by atoms with E-state index in [2.05, 4.69) is 45.9 Å². The number of carboxylic acid groups (broad SMARTS) is 2. The van der Waals surface area contributed by atoms with Gasteiger partial charge >= 0.3 is 11.9 Å². The molecular formula is C31H41N3O8. The van der Waals surface area contributed by atoms with E-state index in [1.54, 1.807) is 0 Å². The van der Waals surface area contributed by atoms with Crippen LogP contribution in [-0.4, -0.2) is 86.3 Å². The van der Waals surface area contributed by atoms with Crippen LogP contribution in [0.4, 0.5) is 0 Å². The topological polar surface area (TPSA) is 180 Å². The minimum atomic E-state index is -2.27. The van der Waals surface area contributed by atoms with E-state index in [1.165, 1.54) is 12.0 Å². The van der Waals surface area contributed by atoms with Gasteiger partial charge in [-0.05, 0) is 35.8 Å². The van der Waals surface area contributed by atoms with E-state index < -0.39 is 29.7 Å². The van der Waals surface area contributed by atoms with Crippen molar-refractivity contribution in [3.05, 3.63) is 71.8 Å². The molecule has 2 aliphatic carbocycles. The Morgan fingerprint density at radius 2 is 1.36 bits per heavy atom. The Kier molecular flexibility index (Phi) is 10.7. The number of carboxylic acids is 2. The second-order valence-electron chi connectivity index (χ2n) is 11.5. The maximum atomic E-state index is 13.3. The number of carbonyl (C=O) groups is 3. The van der Waals surface area contributed by atoms with Gasteiger partial charge in [0, 0.05) is 31.6 Å². The number of rotatable bonds is 11. The molecule has 3 fully saturated rings. The minimum Gasteiger partial charge on any atom is -0.479 e. The van der Waals surface area contributed by atoms with Crippen molar-refractivity contribution in [1.82, 2.24) is 15.5 Å². The molecule has 2 unspecified atom stereocenters. The minimum absolute atomic E-state index is 0.0227. The van der Waals surface area contributed by atoms with Crippen LogP contribution in [0.5, 0.6) is 0 Å². The summed E-state index contributed by atoms with van der Waals surface area (Å²) in [7, 11) is 0. The number of benzene rings is 2. The van der Waals surface area contributed by atoms with Gasteiger partial charge in [0.15, 0.2) is 17.8 Å². The van der Waals surface area contributed by atoms with Crippen LogP contribution in [0, 0.1) is 17.8 Å². The van der Waals surface area contributed by atoms with Crippen molar-refractivity contribution in [2.45, 2.75) is 62.5 Å². The zero-order valence-corrected chi connectivity index (χ0v) is 23.5. The summed E-state index contributed by atoms with van der Waals surface area (Å²) < 4.78 is 0. The molecule has 2 aromatic rings. The highest BCUT2D eigenvalue weighted by atomic mass is 16.4. The van der Waals surface area contributed by atoms with E-state index in [0.717, 1.165) is 45.3 Å². The number of nitrogens with one attached hydrogen (secondary N) is 2. The van der Waals surface area contributed by atoms with Crippen LogP contribution in [0.3, 0.4) is 0 Å². The lowest BCUT2D eigenvalue weighted by Crippen LogP contribution is -2.52. The van der Waals surface area contributed by atoms with E-state index >= 15 is 0 Å². The van der Waals surface area contributed by atoms with Crippen molar-refractivity contribution in [2.75, 3.05) is 19.8 Å². The van der Waals surface area contributed by atoms with Crippen molar-refractivity contribution in [2.24, 2.45) is 17.8 Å². The molecule has 11 nitrogen and oxygen atoms in total. The summed E-state index contributed by atoms with van der Waals surface area (Å²) in [5.41, 5.74) is 0.632. The number of nitrogens with zero attached hydrogens (tertiary/aromatic N) is 1. The van der Waals surface area contributed by atoms with Gasteiger partial charge in [-0.15, -0.1) is 0 Å². The average molecular weight is 584 g/mol.